The van der Waals surface area contributed by atoms with Crippen LogP contribution in [-0.2, 0) is 6.54 Å². The number of anilines is 1. The zero-order valence-corrected chi connectivity index (χ0v) is 17.3. The first-order valence-electron chi connectivity index (χ1n) is 9.91. The number of hydrogen-bond acceptors (Lipinski definition) is 4. The topological polar surface area (TPSA) is 98.0 Å². The number of amides is 1. The van der Waals surface area contributed by atoms with Gasteiger partial charge in [-0.05, 0) is 50.1 Å². The van der Waals surface area contributed by atoms with Gasteiger partial charge in [0, 0.05) is 18.2 Å². The highest BCUT2D eigenvalue weighted by Gasteiger charge is 2.08. The standard InChI is InChI=1S/C22H30N4O3/c1-4-12-24-21(27)17-9-7-8-16(13-17)15-25-22(23)26-19-14-18(28-5-2)10-11-20(19)29-6-3/h7-11,13-14H,4-6,12,15H2,1-3H3,(H,24,27)(H3,23,25,26). The Morgan fingerprint density at radius 3 is 2.59 bits per heavy atom. The van der Waals surface area contributed by atoms with E-state index < -0.39 is 0 Å². The van der Waals surface area contributed by atoms with Crippen molar-refractivity contribution in [2.75, 3.05) is 25.1 Å². The van der Waals surface area contributed by atoms with Gasteiger partial charge in [0.1, 0.15) is 11.5 Å². The first-order valence-corrected chi connectivity index (χ1v) is 9.91. The minimum atomic E-state index is -0.0853. The first-order chi connectivity index (χ1) is 14.1. The van der Waals surface area contributed by atoms with Gasteiger partial charge in [0.25, 0.3) is 5.91 Å². The number of nitrogens with two attached hydrogens (primary N) is 1. The minimum Gasteiger partial charge on any atom is -0.494 e. The minimum absolute atomic E-state index is 0.0853. The summed E-state index contributed by atoms with van der Waals surface area (Å²) in [6, 6.07) is 12.9. The van der Waals surface area contributed by atoms with Crippen molar-refractivity contribution in [3.63, 3.8) is 0 Å². The Morgan fingerprint density at radius 1 is 1.07 bits per heavy atom. The Balaban J connectivity index is 2.08. The van der Waals surface area contributed by atoms with Crippen molar-refractivity contribution >= 4 is 17.6 Å². The zero-order chi connectivity index (χ0) is 21.1. The maximum atomic E-state index is 12.1. The highest BCUT2D eigenvalue weighted by atomic mass is 16.5. The number of carbonyl (C=O) groups excluding carboxylic acids is 1. The first kappa shape index (κ1) is 22.1. The second-order valence-electron chi connectivity index (χ2n) is 6.31. The predicted octanol–water partition coefficient (Wildman–Crippen LogP) is 3.55. The van der Waals surface area contributed by atoms with Crippen LogP contribution in [0, 0.1) is 0 Å². The van der Waals surface area contributed by atoms with Crippen molar-refractivity contribution in [3.8, 4) is 11.5 Å². The van der Waals surface area contributed by atoms with E-state index in [4.69, 9.17) is 15.2 Å². The molecule has 0 bridgehead atoms. The van der Waals surface area contributed by atoms with Crippen LogP contribution >= 0.6 is 0 Å². The van der Waals surface area contributed by atoms with E-state index in [0.29, 0.717) is 43.3 Å². The molecule has 0 heterocycles. The summed E-state index contributed by atoms with van der Waals surface area (Å²) in [5.41, 5.74) is 8.26. The van der Waals surface area contributed by atoms with E-state index in [1.54, 1.807) is 6.07 Å². The van der Waals surface area contributed by atoms with Gasteiger partial charge < -0.3 is 25.8 Å². The summed E-state index contributed by atoms with van der Waals surface area (Å²) < 4.78 is 11.2. The van der Waals surface area contributed by atoms with Crippen LogP contribution in [0.1, 0.15) is 43.1 Å². The molecule has 4 N–H and O–H groups in total. The van der Waals surface area contributed by atoms with Gasteiger partial charge >= 0.3 is 0 Å². The van der Waals surface area contributed by atoms with E-state index in [2.05, 4.69) is 15.6 Å². The summed E-state index contributed by atoms with van der Waals surface area (Å²) in [6.07, 6.45) is 0.895. The number of ether oxygens (including phenoxy) is 2. The lowest BCUT2D eigenvalue weighted by Gasteiger charge is -2.14. The fraction of sp³-hybridized carbons (Fsp3) is 0.364. The molecule has 0 aliphatic carbocycles. The Kier molecular flexibility index (Phi) is 8.82. The molecule has 1 amide bonds. The maximum absolute atomic E-state index is 12.1. The molecule has 7 heteroatoms. The number of hydrogen-bond donors (Lipinski definition) is 3. The molecule has 156 valence electrons. The van der Waals surface area contributed by atoms with Gasteiger partial charge in [-0.15, -0.1) is 0 Å². The Morgan fingerprint density at radius 2 is 1.86 bits per heavy atom. The van der Waals surface area contributed by atoms with Crippen molar-refractivity contribution < 1.29 is 14.3 Å². The average Bonchev–Trinajstić information content (AvgIpc) is 2.73. The summed E-state index contributed by atoms with van der Waals surface area (Å²) in [5.74, 6) is 1.55. The Labute approximate surface area is 172 Å². The molecule has 0 fully saturated rings. The van der Waals surface area contributed by atoms with Crippen molar-refractivity contribution in [2.45, 2.75) is 33.7 Å². The molecule has 0 spiro atoms. The number of nitrogens with one attached hydrogen (secondary N) is 2. The molecule has 0 unspecified atom stereocenters. The molecule has 29 heavy (non-hydrogen) atoms. The quantitative estimate of drug-likeness (QED) is 0.420. The van der Waals surface area contributed by atoms with E-state index in [1.807, 2.05) is 57.2 Å². The smallest absolute Gasteiger partial charge is 0.251 e. The Bertz CT molecular complexity index is 837. The molecule has 0 radical (unpaired) electrons. The molecule has 2 aromatic carbocycles. The molecule has 0 atom stereocenters. The van der Waals surface area contributed by atoms with E-state index in [9.17, 15) is 4.79 Å². The lowest BCUT2D eigenvalue weighted by atomic mass is 10.1. The summed E-state index contributed by atoms with van der Waals surface area (Å²) in [5, 5.41) is 5.94. The van der Waals surface area contributed by atoms with E-state index in [0.717, 1.165) is 17.7 Å². The van der Waals surface area contributed by atoms with E-state index in [-0.39, 0.29) is 11.9 Å². The van der Waals surface area contributed by atoms with Gasteiger partial charge in [-0.25, -0.2) is 4.99 Å². The summed E-state index contributed by atoms with van der Waals surface area (Å²) >= 11 is 0. The normalized spacial score (nSPS) is 11.1. The van der Waals surface area contributed by atoms with Crippen LogP contribution in [0.15, 0.2) is 47.5 Å². The number of nitrogens with zero attached hydrogens (tertiary/aromatic N) is 1. The van der Waals surface area contributed by atoms with Gasteiger partial charge in [0.2, 0.25) is 0 Å². The van der Waals surface area contributed by atoms with Crippen molar-refractivity contribution in [1.82, 2.24) is 5.32 Å². The van der Waals surface area contributed by atoms with Crippen LogP contribution in [0.5, 0.6) is 11.5 Å². The molecule has 2 aromatic rings. The van der Waals surface area contributed by atoms with Gasteiger partial charge in [-0.2, -0.15) is 0 Å². The number of rotatable bonds is 10. The van der Waals surface area contributed by atoms with Crippen LogP contribution in [0.25, 0.3) is 0 Å². The zero-order valence-electron chi connectivity index (χ0n) is 17.3. The van der Waals surface area contributed by atoms with Gasteiger partial charge in [-0.3, -0.25) is 4.79 Å². The fourth-order valence-corrected chi connectivity index (χ4v) is 2.65. The summed E-state index contributed by atoms with van der Waals surface area (Å²) in [7, 11) is 0. The number of benzene rings is 2. The molecule has 0 aliphatic rings. The highest BCUT2D eigenvalue weighted by Crippen LogP contribution is 2.29. The number of aliphatic imine (C=N–C) groups is 1. The third-order valence-corrected chi connectivity index (χ3v) is 3.98. The van der Waals surface area contributed by atoms with E-state index >= 15 is 0 Å². The van der Waals surface area contributed by atoms with Crippen LogP contribution in [-0.4, -0.2) is 31.6 Å². The second-order valence-corrected chi connectivity index (χ2v) is 6.31. The van der Waals surface area contributed by atoms with Gasteiger partial charge in [0.15, 0.2) is 5.96 Å². The third-order valence-electron chi connectivity index (χ3n) is 3.98. The highest BCUT2D eigenvalue weighted by molar-refractivity contribution is 5.95. The SMILES string of the molecule is CCCNC(=O)c1cccc(CN=C(N)Nc2cc(OCC)ccc2OCC)c1. The molecule has 0 saturated heterocycles. The number of guanidine groups is 1. The van der Waals surface area contributed by atoms with Crippen LogP contribution in [0.4, 0.5) is 5.69 Å². The maximum Gasteiger partial charge on any atom is 0.251 e. The van der Waals surface area contributed by atoms with Gasteiger partial charge in [-0.1, -0.05) is 19.1 Å². The summed E-state index contributed by atoms with van der Waals surface area (Å²) in [6.45, 7) is 7.97. The third kappa shape index (κ3) is 7.03. The predicted molar refractivity (Wildman–Crippen MR) is 117 cm³/mol. The number of carbonyl (C=O) groups is 1. The lowest BCUT2D eigenvalue weighted by molar-refractivity contribution is 0.0953. The molecular weight excluding hydrogens is 368 g/mol. The van der Waals surface area contributed by atoms with Crippen LogP contribution < -0.4 is 25.8 Å². The fourth-order valence-electron chi connectivity index (χ4n) is 2.65. The lowest BCUT2D eigenvalue weighted by Crippen LogP contribution is -2.24. The van der Waals surface area contributed by atoms with Crippen molar-refractivity contribution in [3.05, 3.63) is 53.6 Å². The molecule has 0 saturated carbocycles. The molecular formula is C22H30N4O3. The average molecular weight is 399 g/mol. The van der Waals surface area contributed by atoms with Crippen LogP contribution in [0.2, 0.25) is 0 Å². The van der Waals surface area contributed by atoms with Gasteiger partial charge in [0.05, 0.1) is 25.4 Å². The largest absolute Gasteiger partial charge is 0.494 e. The van der Waals surface area contributed by atoms with Crippen LogP contribution in [0.3, 0.4) is 0 Å². The molecule has 2 rings (SSSR count). The summed E-state index contributed by atoms with van der Waals surface area (Å²) in [4.78, 5) is 16.5. The molecule has 7 nitrogen and oxygen atoms in total. The monoisotopic (exact) mass is 398 g/mol. The second kappa shape index (κ2) is 11.6. The van der Waals surface area contributed by atoms with Crippen molar-refractivity contribution in [1.29, 1.82) is 0 Å². The van der Waals surface area contributed by atoms with E-state index in [1.165, 1.54) is 0 Å². The van der Waals surface area contributed by atoms with Crippen molar-refractivity contribution in [2.24, 2.45) is 10.7 Å². The molecule has 0 aromatic heterocycles. The Hall–Kier alpha value is -3.22. The molecule has 0 aliphatic heterocycles.